The van der Waals surface area contributed by atoms with Crippen LogP contribution in [0.3, 0.4) is 0 Å². The van der Waals surface area contributed by atoms with Crippen molar-refractivity contribution >= 4 is 33.6 Å². The molecule has 3 nitrogen and oxygen atoms in total. The van der Waals surface area contributed by atoms with Crippen molar-refractivity contribution in [2.45, 2.75) is 24.0 Å². The highest BCUT2D eigenvalue weighted by Crippen LogP contribution is 2.42. The lowest BCUT2D eigenvalue weighted by Gasteiger charge is -2.40. The number of hydrogen-bond donors (Lipinski definition) is 1. The average Bonchev–Trinajstić information content (AvgIpc) is 2.37. The normalized spacial score (nSPS) is 16.6. The lowest BCUT2D eigenvalue weighted by Crippen LogP contribution is -2.45. The van der Waals surface area contributed by atoms with Crippen LogP contribution in [0.5, 0.6) is 5.75 Å². The van der Waals surface area contributed by atoms with Gasteiger partial charge in [0.15, 0.2) is 0 Å². The lowest BCUT2D eigenvalue weighted by molar-refractivity contribution is 0.0944. The van der Waals surface area contributed by atoms with E-state index in [9.17, 15) is 4.79 Å². The number of benzene rings is 1. The number of carbonyl (C=O) groups is 1. The van der Waals surface area contributed by atoms with Crippen LogP contribution in [0.4, 0.5) is 0 Å². The van der Waals surface area contributed by atoms with Crippen molar-refractivity contribution in [3.63, 3.8) is 0 Å². The van der Waals surface area contributed by atoms with Crippen LogP contribution in [0.25, 0.3) is 0 Å². The molecular weight excluding hydrogens is 326 g/mol. The highest BCUT2D eigenvalue weighted by atomic mass is 79.9. The summed E-state index contributed by atoms with van der Waals surface area (Å²) < 4.78 is 6.22. The van der Waals surface area contributed by atoms with E-state index in [0.717, 1.165) is 16.8 Å². The second-order valence-corrected chi connectivity index (χ2v) is 6.90. The van der Waals surface area contributed by atoms with E-state index in [1.807, 2.05) is 11.8 Å². The number of methoxy groups -OCH3 is 1. The third-order valence-corrected chi connectivity index (χ3v) is 5.72. The molecule has 1 N–H and O–H groups in total. The average molecular weight is 344 g/mol. The van der Waals surface area contributed by atoms with E-state index in [1.165, 1.54) is 19.3 Å². The summed E-state index contributed by atoms with van der Waals surface area (Å²) in [6.07, 6.45) is 5.78. The van der Waals surface area contributed by atoms with Crippen molar-refractivity contribution in [2.24, 2.45) is 0 Å². The van der Waals surface area contributed by atoms with Crippen molar-refractivity contribution in [3.05, 3.63) is 28.2 Å². The van der Waals surface area contributed by atoms with Crippen LogP contribution in [0, 0.1) is 0 Å². The van der Waals surface area contributed by atoms with Gasteiger partial charge in [-0.25, -0.2) is 0 Å². The first-order chi connectivity index (χ1) is 9.10. The van der Waals surface area contributed by atoms with Gasteiger partial charge >= 0.3 is 0 Å². The maximum atomic E-state index is 12.1. The van der Waals surface area contributed by atoms with Crippen molar-refractivity contribution in [3.8, 4) is 5.75 Å². The van der Waals surface area contributed by atoms with Crippen LogP contribution in [0.1, 0.15) is 29.6 Å². The van der Waals surface area contributed by atoms with Crippen molar-refractivity contribution in [2.75, 3.05) is 19.9 Å². The molecule has 1 aliphatic rings. The van der Waals surface area contributed by atoms with Gasteiger partial charge in [-0.2, -0.15) is 11.8 Å². The number of amides is 1. The van der Waals surface area contributed by atoms with E-state index < -0.39 is 0 Å². The van der Waals surface area contributed by atoms with Crippen molar-refractivity contribution < 1.29 is 9.53 Å². The summed E-state index contributed by atoms with van der Waals surface area (Å²) >= 11 is 5.26. The molecule has 5 heteroatoms. The Hall–Kier alpha value is -0.680. The lowest BCUT2D eigenvalue weighted by atomic mass is 9.84. The molecule has 1 aliphatic carbocycles. The quantitative estimate of drug-likeness (QED) is 0.889. The van der Waals surface area contributed by atoms with Crippen LogP contribution in [0.15, 0.2) is 22.7 Å². The number of thioether (sulfide) groups is 1. The summed E-state index contributed by atoms with van der Waals surface area (Å²) in [5.41, 5.74) is 0.656. The molecule has 1 saturated carbocycles. The van der Waals surface area contributed by atoms with Gasteiger partial charge in [-0.1, -0.05) is 6.42 Å². The summed E-state index contributed by atoms with van der Waals surface area (Å²) in [5.74, 6) is 0.708. The zero-order valence-electron chi connectivity index (χ0n) is 11.2. The van der Waals surface area contributed by atoms with Gasteiger partial charge in [-0.05, 0) is 53.2 Å². The molecule has 1 amide bonds. The van der Waals surface area contributed by atoms with Gasteiger partial charge in [0.2, 0.25) is 0 Å². The standard InChI is InChI=1S/C14H18BrNO2S/c1-18-12-5-4-10(8-11(12)15)13(17)16-9-14(19-2)6-3-7-14/h4-5,8H,3,6-7,9H2,1-2H3,(H,16,17). The zero-order chi connectivity index (χ0) is 13.9. The van der Waals surface area contributed by atoms with E-state index in [2.05, 4.69) is 27.5 Å². The summed E-state index contributed by atoms with van der Waals surface area (Å²) in [6.45, 7) is 0.747. The molecule has 0 saturated heterocycles. The second-order valence-electron chi connectivity index (χ2n) is 4.77. The SMILES string of the molecule is COc1ccc(C(=O)NCC2(SC)CCC2)cc1Br. The van der Waals surface area contributed by atoms with Gasteiger partial charge < -0.3 is 10.1 Å². The highest BCUT2D eigenvalue weighted by Gasteiger charge is 2.36. The molecule has 0 spiro atoms. The molecule has 0 heterocycles. The minimum Gasteiger partial charge on any atom is -0.496 e. The number of hydrogen-bond acceptors (Lipinski definition) is 3. The van der Waals surface area contributed by atoms with Crippen molar-refractivity contribution in [1.29, 1.82) is 0 Å². The molecule has 104 valence electrons. The molecule has 1 fully saturated rings. The molecule has 0 bridgehead atoms. The van der Waals surface area contributed by atoms with E-state index >= 15 is 0 Å². The number of rotatable bonds is 5. The topological polar surface area (TPSA) is 38.3 Å². The van der Waals surface area contributed by atoms with Gasteiger partial charge in [0, 0.05) is 16.9 Å². The number of nitrogens with one attached hydrogen (secondary N) is 1. The third kappa shape index (κ3) is 3.26. The number of carbonyl (C=O) groups excluding carboxylic acids is 1. The van der Waals surface area contributed by atoms with Crippen LogP contribution < -0.4 is 10.1 Å². The molecule has 0 aromatic heterocycles. The minimum atomic E-state index is -0.0244. The molecule has 0 unspecified atom stereocenters. The first kappa shape index (κ1) is 14.7. The maximum Gasteiger partial charge on any atom is 0.251 e. The molecular formula is C14H18BrNO2S. The second kappa shape index (κ2) is 6.18. The fourth-order valence-electron chi connectivity index (χ4n) is 2.18. The van der Waals surface area contributed by atoms with Crippen LogP contribution in [-0.2, 0) is 0 Å². The first-order valence-electron chi connectivity index (χ1n) is 6.27. The zero-order valence-corrected chi connectivity index (χ0v) is 13.6. The number of halogens is 1. The Kier molecular flexibility index (Phi) is 4.79. The summed E-state index contributed by atoms with van der Waals surface area (Å²) in [6, 6.07) is 5.37. The fourth-order valence-corrected chi connectivity index (χ4v) is 3.63. The predicted molar refractivity (Wildman–Crippen MR) is 83.1 cm³/mol. The van der Waals surface area contributed by atoms with Crippen LogP contribution >= 0.6 is 27.7 Å². The smallest absolute Gasteiger partial charge is 0.251 e. The van der Waals surface area contributed by atoms with Gasteiger partial charge in [-0.3, -0.25) is 4.79 Å². The van der Waals surface area contributed by atoms with E-state index in [0.29, 0.717) is 5.56 Å². The molecule has 0 atom stereocenters. The van der Waals surface area contributed by atoms with Gasteiger partial charge in [-0.15, -0.1) is 0 Å². The first-order valence-corrected chi connectivity index (χ1v) is 8.29. The Morgan fingerprint density at radius 1 is 1.53 bits per heavy atom. The van der Waals surface area contributed by atoms with E-state index in [4.69, 9.17) is 4.74 Å². The van der Waals surface area contributed by atoms with Gasteiger partial charge in [0.1, 0.15) is 5.75 Å². The molecule has 19 heavy (non-hydrogen) atoms. The molecule has 2 rings (SSSR count). The molecule has 1 aromatic carbocycles. The minimum absolute atomic E-state index is 0.0244. The van der Waals surface area contributed by atoms with E-state index in [-0.39, 0.29) is 10.7 Å². The van der Waals surface area contributed by atoms with Gasteiger partial charge in [0.05, 0.1) is 11.6 Å². The van der Waals surface area contributed by atoms with Gasteiger partial charge in [0.25, 0.3) is 5.91 Å². The maximum absolute atomic E-state index is 12.1. The van der Waals surface area contributed by atoms with Crippen molar-refractivity contribution in [1.82, 2.24) is 5.32 Å². The summed E-state index contributed by atoms with van der Waals surface area (Å²) in [5, 5.41) is 3.04. The molecule has 0 radical (unpaired) electrons. The summed E-state index contributed by atoms with van der Waals surface area (Å²) in [7, 11) is 1.61. The Bertz CT molecular complexity index is 469. The monoisotopic (exact) mass is 343 g/mol. The van der Waals surface area contributed by atoms with Crippen LogP contribution in [0.2, 0.25) is 0 Å². The fraction of sp³-hybridized carbons (Fsp3) is 0.500. The Morgan fingerprint density at radius 3 is 2.74 bits per heavy atom. The molecule has 1 aromatic rings. The molecule has 0 aliphatic heterocycles. The van der Waals surface area contributed by atoms with E-state index in [1.54, 1.807) is 25.3 Å². The third-order valence-electron chi connectivity index (χ3n) is 3.68. The highest BCUT2D eigenvalue weighted by molar-refractivity contribution is 9.10. The number of ether oxygens (including phenoxy) is 1. The Labute approximate surface area is 126 Å². The summed E-state index contributed by atoms with van der Waals surface area (Å²) in [4.78, 5) is 12.1. The Morgan fingerprint density at radius 2 is 2.26 bits per heavy atom. The largest absolute Gasteiger partial charge is 0.496 e. The Balaban J connectivity index is 1.98. The van der Waals surface area contributed by atoms with Crippen LogP contribution in [-0.4, -0.2) is 30.6 Å². The predicted octanol–water partition coefficient (Wildman–Crippen LogP) is 3.47.